The van der Waals surface area contributed by atoms with E-state index in [2.05, 4.69) is 15.6 Å². The average Bonchev–Trinajstić information content (AvgIpc) is 2.88. The Bertz CT molecular complexity index is 829. The summed E-state index contributed by atoms with van der Waals surface area (Å²) >= 11 is 1.20. The van der Waals surface area contributed by atoms with Gasteiger partial charge in [-0.1, -0.05) is 12.1 Å². The molecule has 3 amide bonds. The number of carbonyl (C=O) groups excluding carboxylic acids is 3. The predicted molar refractivity (Wildman–Crippen MR) is 94.9 cm³/mol. The molecular weight excluding hydrogens is 342 g/mol. The lowest BCUT2D eigenvalue weighted by molar-refractivity contribution is -0.123. The van der Waals surface area contributed by atoms with Gasteiger partial charge in [0.2, 0.25) is 0 Å². The molecule has 1 aromatic heterocycles. The predicted octanol–water partition coefficient (Wildman–Crippen LogP) is 2.88. The maximum absolute atomic E-state index is 11.9. The topological polar surface area (TPSA) is 97.4 Å². The van der Waals surface area contributed by atoms with E-state index in [0.29, 0.717) is 16.3 Å². The molecule has 2 rings (SSSR count). The van der Waals surface area contributed by atoms with Crippen molar-refractivity contribution in [1.82, 2.24) is 10.3 Å². The van der Waals surface area contributed by atoms with Crippen molar-refractivity contribution in [3.8, 4) is 0 Å². The van der Waals surface area contributed by atoms with Crippen molar-refractivity contribution in [2.24, 2.45) is 0 Å². The number of esters is 1. The van der Waals surface area contributed by atoms with Gasteiger partial charge in [-0.15, -0.1) is 11.3 Å². The fourth-order valence-corrected chi connectivity index (χ4v) is 2.93. The fourth-order valence-electron chi connectivity index (χ4n) is 2.12. The molecule has 2 aromatic rings. The Morgan fingerprint density at radius 1 is 1.16 bits per heavy atom. The fraction of sp³-hybridized carbons (Fsp3) is 0.294. The minimum absolute atomic E-state index is 0.352. The Morgan fingerprint density at radius 3 is 2.52 bits per heavy atom. The minimum Gasteiger partial charge on any atom is -0.451 e. The van der Waals surface area contributed by atoms with Crippen LogP contribution in [-0.4, -0.2) is 29.5 Å². The molecule has 0 aliphatic heterocycles. The van der Waals surface area contributed by atoms with E-state index in [-0.39, 0.29) is 0 Å². The van der Waals surface area contributed by atoms with Crippen LogP contribution in [0.1, 0.15) is 31.5 Å². The zero-order valence-corrected chi connectivity index (χ0v) is 15.2. The highest BCUT2D eigenvalue weighted by atomic mass is 32.1. The third-order valence-corrected chi connectivity index (χ3v) is 4.58. The van der Waals surface area contributed by atoms with E-state index in [1.54, 1.807) is 26.0 Å². The first-order valence-corrected chi connectivity index (χ1v) is 8.37. The Morgan fingerprint density at radius 2 is 1.88 bits per heavy atom. The summed E-state index contributed by atoms with van der Waals surface area (Å²) in [5.41, 5.74) is 3.10. The molecule has 7 nitrogen and oxygen atoms in total. The number of thiazole rings is 1. The Kier molecular flexibility index (Phi) is 5.87. The normalized spacial score (nSPS) is 10.2. The highest BCUT2D eigenvalue weighted by Crippen LogP contribution is 2.18. The van der Waals surface area contributed by atoms with E-state index in [1.807, 2.05) is 19.9 Å². The second-order valence-electron chi connectivity index (χ2n) is 5.47. The number of aromatic nitrogens is 1. The van der Waals surface area contributed by atoms with Crippen LogP contribution < -0.4 is 10.6 Å². The van der Waals surface area contributed by atoms with Gasteiger partial charge in [-0.25, -0.2) is 14.6 Å². The molecule has 0 fully saturated rings. The standard InChI is InChI=1S/C17H19N3O4S/c1-9-6-5-7-13(10(9)2)19-17(23)20-14(21)8-24-16(22)15-11(3)18-12(4)25-15/h5-7H,8H2,1-4H3,(H2,19,20,21,23). The number of anilines is 1. The molecular formula is C17H19N3O4S. The number of nitrogens with zero attached hydrogens (tertiary/aromatic N) is 1. The molecule has 0 spiro atoms. The van der Waals surface area contributed by atoms with Gasteiger partial charge in [-0.05, 0) is 44.9 Å². The second kappa shape index (κ2) is 7.89. The first-order chi connectivity index (χ1) is 11.8. The second-order valence-corrected chi connectivity index (χ2v) is 6.68. The minimum atomic E-state index is -0.713. The number of imide groups is 1. The maximum Gasteiger partial charge on any atom is 0.350 e. The number of hydrogen-bond acceptors (Lipinski definition) is 6. The summed E-state index contributed by atoms with van der Waals surface area (Å²) in [7, 11) is 0. The van der Waals surface area contributed by atoms with Crippen LogP contribution in [0.25, 0.3) is 0 Å². The highest BCUT2D eigenvalue weighted by Gasteiger charge is 2.17. The molecule has 0 aliphatic carbocycles. The van der Waals surface area contributed by atoms with Crippen molar-refractivity contribution in [1.29, 1.82) is 0 Å². The smallest absolute Gasteiger partial charge is 0.350 e. The van der Waals surface area contributed by atoms with Crippen molar-refractivity contribution in [2.45, 2.75) is 27.7 Å². The monoisotopic (exact) mass is 361 g/mol. The van der Waals surface area contributed by atoms with Gasteiger partial charge < -0.3 is 10.1 Å². The van der Waals surface area contributed by atoms with E-state index in [4.69, 9.17) is 4.74 Å². The highest BCUT2D eigenvalue weighted by molar-refractivity contribution is 7.13. The molecule has 0 atom stereocenters. The quantitative estimate of drug-likeness (QED) is 0.816. The maximum atomic E-state index is 11.9. The molecule has 132 valence electrons. The van der Waals surface area contributed by atoms with Gasteiger partial charge in [-0.2, -0.15) is 0 Å². The first kappa shape index (κ1) is 18.6. The molecule has 25 heavy (non-hydrogen) atoms. The van der Waals surface area contributed by atoms with Gasteiger partial charge in [0.15, 0.2) is 6.61 Å². The molecule has 0 unspecified atom stereocenters. The van der Waals surface area contributed by atoms with Gasteiger partial charge in [0.25, 0.3) is 5.91 Å². The molecule has 0 bridgehead atoms. The SMILES string of the molecule is Cc1nc(C)c(C(=O)OCC(=O)NC(=O)Nc2cccc(C)c2C)s1. The summed E-state index contributed by atoms with van der Waals surface area (Å²) in [4.78, 5) is 40.0. The van der Waals surface area contributed by atoms with Gasteiger partial charge in [-0.3, -0.25) is 10.1 Å². The van der Waals surface area contributed by atoms with Crippen LogP contribution in [-0.2, 0) is 9.53 Å². The first-order valence-electron chi connectivity index (χ1n) is 7.56. The molecule has 1 aromatic carbocycles. The summed E-state index contributed by atoms with van der Waals surface area (Å²) in [5.74, 6) is -1.34. The summed E-state index contributed by atoms with van der Waals surface area (Å²) in [6.45, 7) is 6.71. The number of benzene rings is 1. The van der Waals surface area contributed by atoms with E-state index < -0.39 is 24.5 Å². The van der Waals surface area contributed by atoms with Crippen LogP contribution in [0.15, 0.2) is 18.2 Å². The van der Waals surface area contributed by atoms with Crippen LogP contribution in [0.2, 0.25) is 0 Å². The number of aryl methyl sites for hydroxylation is 3. The lowest BCUT2D eigenvalue weighted by Crippen LogP contribution is -2.37. The van der Waals surface area contributed by atoms with Gasteiger partial charge in [0, 0.05) is 5.69 Å². The number of ether oxygens (including phenoxy) is 1. The Hall–Kier alpha value is -2.74. The molecule has 0 saturated heterocycles. The van der Waals surface area contributed by atoms with Gasteiger partial charge >= 0.3 is 12.0 Å². The third kappa shape index (κ3) is 4.87. The number of rotatable bonds is 4. The molecule has 0 radical (unpaired) electrons. The number of nitrogens with one attached hydrogen (secondary N) is 2. The van der Waals surface area contributed by atoms with Gasteiger partial charge in [0.1, 0.15) is 4.88 Å². The molecule has 0 saturated carbocycles. The molecule has 0 aliphatic rings. The van der Waals surface area contributed by atoms with Crippen LogP contribution in [0.3, 0.4) is 0 Å². The van der Waals surface area contributed by atoms with Crippen LogP contribution in [0.4, 0.5) is 10.5 Å². The lowest BCUT2D eigenvalue weighted by Gasteiger charge is -2.11. The summed E-state index contributed by atoms with van der Waals surface area (Å²) < 4.78 is 4.92. The largest absolute Gasteiger partial charge is 0.451 e. The van der Waals surface area contributed by atoms with Crippen molar-refractivity contribution in [3.63, 3.8) is 0 Å². The van der Waals surface area contributed by atoms with Crippen LogP contribution >= 0.6 is 11.3 Å². The van der Waals surface area contributed by atoms with Crippen molar-refractivity contribution in [3.05, 3.63) is 44.9 Å². The zero-order chi connectivity index (χ0) is 18.6. The zero-order valence-electron chi connectivity index (χ0n) is 14.4. The average molecular weight is 361 g/mol. The number of urea groups is 1. The van der Waals surface area contributed by atoms with Crippen LogP contribution in [0.5, 0.6) is 0 Å². The van der Waals surface area contributed by atoms with Crippen molar-refractivity contribution < 1.29 is 19.1 Å². The van der Waals surface area contributed by atoms with E-state index in [0.717, 1.165) is 16.1 Å². The van der Waals surface area contributed by atoms with E-state index in [9.17, 15) is 14.4 Å². The Labute approximate surface area is 149 Å². The summed E-state index contributed by atoms with van der Waals surface area (Å²) in [6.07, 6.45) is 0. The summed E-state index contributed by atoms with van der Waals surface area (Å²) in [6, 6.07) is 4.79. The van der Waals surface area contributed by atoms with E-state index in [1.165, 1.54) is 11.3 Å². The number of amides is 3. The van der Waals surface area contributed by atoms with Crippen molar-refractivity contribution in [2.75, 3.05) is 11.9 Å². The Balaban J connectivity index is 1.85. The van der Waals surface area contributed by atoms with E-state index >= 15 is 0 Å². The van der Waals surface area contributed by atoms with Crippen LogP contribution in [0, 0.1) is 27.7 Å². The third-order valence-electron chi connectivity index (χ3n) is 3.53. The number of hydrogen-bond donors (Lipinski definition) is 2. The molecule has 2 N–H and O–H groups in total. The number of carbonyl (C=O) groups is 3. The molecule has 8 heteroatoms. The lowest BCUT2D eigenvalue weighted by atomic mass is 10.1. The molecule has 1 heterocycles. The van der Waals surface area contributed by atoms with Gasteiger partial charge in [0.05, 0.1) is 10.7 Å². The van der Waals surface area contributed by atoms with Crippen molar-refractivity contribution >= 4 is 34.9 Å². The summed E-state index contributed by atoms with van der Waals surface area (Å²) in [5, 5.41) is 5.46.